The van der Waals surface area contributed by atoms with Gasteiger partial charge in [0, 0.05) is 42.3 Å². The van der Waals surface area contributed by atoms with E-state index in [2.05, 4.69) is 27.8 Å². The summed E-state index contributed by atoms with van der Waals surface area (Å²) in [6.45, 7) is 8.97. The fraction of sp³-hybridized carbons (Fsp3) is 0.611. The number of ether oxygens (including phenoxy) is 1. The maximum Gasteiger partial charge on any atom is 0.233 e. The maximum absolute atomic E-state index is 13.0. The van der Waals surface area contributed by atoms with Crippen molar-refractivity contribution in [2.75, 3.05) is 32.8 Å². The van der Waals surface area contributed by atoms with Crippen LogP contribution in [0.25, 0.3) is 0 Å². The van der Waals surface area contributed by atoms with Crippen molar-refractivity contribution in [2.24, 2.45) is 0 Å². The highest BCUT2D eigenvalue weighted by molar-refractivity contribution is 9.10. The Balaban J connectivity index is 1.67. The van der Waals surface area contributed by atoms with Gasteiger partial charge < -0.3 is 14.7 Å². The molecule has 1 aromatic rings. The number of halogens is 1. The summed E-state index contributed by atoms with van der Waals surface area (Å²) in [7, 11) is 0. The third-order valence-electron chi connectivity index (χ3n) is 4.72. The smallest absolute Gasteiger partial charge is 0.233 e. The average Bonchev–Trinajstić information content (AvgIpc) is 2.90. The summed E-state index contributed by atoms with van der Waals surface area (Å²) in [5.41, 5.74) is 0.256. The Morgan fingerprint density at radius 1 is 1.42 bits per heavy atom. The van der Waals surface area contributed by atoms with Crippen LogP contribution >= 0.6 is 15.9 Å². The van der Waals surface area contributed by atoms with Crippen LogP contribution in [0.4, 0.5) is 0 Å². The molecule has 6 heteroatoms. The van der Waals surface area contributed by atoms with Crippen molar-refractivity contribution >= 4 is 21.8 Å². The van der Waals surface area contributed by atoms with E-state index in [0.717, 1.165) is 22.3 Å². The fourth-order valence-electron chi connectivity index (χ4n) is 3.54. The van der Waals surface area contributed by atoms with Crippen LogP contribution in [0, 0.1) is 0 Å². The van der Waals surface area contributed by atoms with Crippen LogP contribution in [0.5, 0.6) is 5.75 Å². The van der Waals surface area contributed by atoms with Crippen LogP contribution in [-0.2, 0) is 4.79 Å². The monoisotopic (exact) mass is 396 g/mol. The highest BCUT2D eigenvalue weighted by atomic mass is 79.9. The Bertz CT molecular complexity index is 629. The van der Waals surface area contributed by atoms with Crippen molar-refractivity contribution < 1.29 is 14.6 Å². The van der Waals surface area contributed by atoms with Gasteiger partial charge in [0.15, 0.2) is 0 Å². The number of rotatable bonds is 3. The fourth-order valence-corrected chi connectivity index (χ4v) is 3.92. The molecule has 0 aliphatic carbocycles. The SMILES string of the molecule is CC1CN(C(=O)C2COc3ccc(Br)cc32)CCN1CC(C)(C)O. The molecule has 2 atom stereocenters. The Kier molecular flexibility index (Phi) is 4.91. The third kappa shape index (κ3) is 3.76. The van der Waals surface area contributed by atoms with Gasteiger partial charge in [-0.15, -0.1) is 0 Å². The van der Waals surface area contributed by atoms with E-state index in [4.69, 9.17) is 4.74 Å². The van der Waals surface area contributed by atoms with Crippen molar-refractivity contribution in [1.82, 2.24) is 9.80 Å². The molecule has 1 saturated heterocycles. The minimum atomic E-state index is -0.717. The Morgan fingerprint density at radius 2 is 2.17 bits per heavy atom. The van der Waals surface area contributed by atoms with Crippen molar-refractivity contribution in [3.8, 4) is 5.75 Å². The number of nitrogens with zero attached hydrogens (tertiary/aromatic N) is 2. The molecule has 2 unspecified atom stereocenters. The molecule has 0 aromatic heterocycles. The zero-order valence-electron chi connectivity index (χ0n) is 14.5. The number of benzene rings is 1. The van der Waals surface area contributed by atoms with E-state index in [1.54, 1.807) is 0 Å². The topological polar surface area (TPSA) is 53.0 Å². The second kappa shape index (κ2) is 6.65. The van der Waals surface area contributed by atoms with Gasteiger partial charge in [-0.3, -0.25) is 9.69 Å². The van der Waals surface area contributed by atoms with Crippen LogP contribution in [0.3, 0.4) is 0 Å². The number of aliphatic hydroxyl groups is 1. The number of carbonyl (C=O) groups excluding carboxylic acids is 1. The quantitative estimate of drug-likeness (QED) is 0.850. The van der Waals surface area contributed by atoms with E-state index >= 15 is 0 Å². The molecule has 2 aliphatic heterocycles. The van der Waals surface area contributed by atoms with Crippen molar-refractivity contribution in [3.63, 3.8) is 0 Å². The summed E-state index contributed by atoms with van der Waals surface area (Å²) in [4.78, 5) is 17.2. The van der Waals surface area contributed by atoms with Gasteiger partial charge in [0.25, 0.3) is 0 Å². The van der Waals surface area contributed by atoms with Gasteiger partial charge in [0.05, 0.1) is 5.60 Å². The maximum atomic E-state index is 13.0. The van der Waals surface area contributed by atoms with Gasteiger partial charge in [-0.25, -0.2) is 0 Å². The molecule has 3 rings (SSSR count). The Hall–Kier alpha value is -1.11. The van der Waals surface area contributed by atoms with Crippen molar-refractivity contribution in [3.05, 3.63) is 28.2 Å². The molecule has 1 amide bonds. The predicted octanol–water partition coefficient (Wildman–Crippen LogP) is 2.23. The molecule has 0 saturated carbocycles. The van der Waals surface area contributed by atoms with Gasteiger partial charge in [-0.2, -0.15) is 0 Å². The zero-order valence-corrected chi connectivity index (χ0v) is 16.0. The van der Waals surface area contributed by atoms with Gasteiger partial charge in [0.2, 0.25) is 5.91 Å². The number of β-amino-alcohol motifs (C(OH)–C–C–N with tert-alkyl or cyclic N) is 1. The number of fused-ring (bicyclic) bond motifs is 1. The normalized spacial score (nSPS) is 24.6. The third-order valence-corrected chi connectivity index (χ3v) is 5.21. The lowest BCUT2D eigenvalue weighted by atomic mass is 9.98. The number of piperazine rings is 1. The lowest BCUT2D eigenvalue weighted by molar-refractivity contribution is -0.136. The highest BCUT2D eigenvalue weighted by Crippen LogP contribution is 2.37. The van der Waals surface area contributed by atoms with E-state index in [9.17, 15) is 9.90 Å². The first-order valence-corrected chi connectivity index (χ1v) is 9.21. The highest BCUT2D eigenvalue weighted by Gasteiger charge is 2.37. The zero-order chi connectivity index (χ0) is 17.5. The molecular formula is C18H25BrN2O3. The van der Waals surface area contributed by atoms with Gasteiger partial charge in [-0.1, -0.05) is 15.9 Å². The summed E-state index contributed by atoms with van der Waals surface area (Å²) in [5.74, 6) is 0.734. The second-order valence-corrected chi connectivity index (χ2v) is 8.38. The molecule has 0 bridgehead atoms. The molecular weight excluding hydrogens is 372 g/mol. The van der Waals surface area contributed by atoms with E-state index in [1.807, 2.05) is 36.9 Å². The minimum Gasteiger partial charge on any atom is -0.492 e. The molecule has 132 valence electrons. The van der Waals surface area contributed by atoms with Crippen LogP contribution in [0.1, 0.15) is 32.3 Å². The standard InChI is InChI=1S/C18H25BrN2O3/c1-12-9-20(6-7-21(12)11-18(2,3)23)17(22)15-10-24-16-5-4-13(19)8-14(15)16/h4-5,8,12,15,23H,6-7,9-11H2,1-3H3. The molecule has 2 heterocycles. The summed E-state index contributed by atoms with van der Waals surface area (Å²) in [5, 5.41) is 10.0. The largest absolute Gasteiger partial charge is 0.492 e. The summed E-state index contributed by atoms with van der Waals surface area (Å²) >= 11 is 3.47. The first kappa shape index (κ1) is 17.7. The van der Waals surface area contributed by atoms with Gasteiger partial charge in [-0.05, 0) is 39.0 Å². The van der Waals surface area contributed by atoms with Crippen LogP contribution in [0.2, 0.25) is 0 Å². The Labute approximate surface area is 151 Å². The van der Waals surface area contributed by atoms with Crippen LogP contribution in [0.15, 0.2) is 22.7 Å². The average molecular weight is 397 g/mol. The van der Waals surface area contributed by atoms with E-state index in [0.29, 0.717) is 26.2 Å². The molecule has 1 fully saturated rings. The van der Waals surface area contributed by atoms with E-state index < -0.39 is 5.60 Å². The molecule has 1 N–H and O–H groups in total. The second-order valence-electron chi connectivity index (χ2n) is 7.46. The number of amides is 1. The molecule has 1 aromatic carbocycles. The Morgan fingerprint density at radius 3 is 2.83 bits per heavy atom. The number of hydrogen-bond donors (Lipinski definition) is 1. The van der Waals surface area contributed by atoms with Crippen LogP contribution < -0.4 is 4.74 Å². The first-order valence-electron chi connectivity index (χ1n) is 8.42. The molecule has 5 nitrogen and oxygen atoms in total. The lowest BCUT2D eigenvalue weighted by Crippen LogP contribution is -2.57. The molecule has 24 heavy (non-hydrogen) atoms. The van der Waals surface area contributed by atoms with Gasteiger partial charge in [0.1, 0.15) is 18.3 Å². The molecule has 0 spiro atoms. The van der Waals surface area contributed by atoms with Crippen molar-refractivity contribution in [1.29, 1.82) is 0 Å². The first-order chi connectivity index (χ1) is 11.2. The minimum absolute atomic E-state index is 0.140. The summed E-state index contributed by atoms with van der Waals surface area (Å²) in [6.07, 6.45) is 0. The van der Waals surface area contributed by atoms with E-state index in [1.165, 1.54) is 0 Å². The number of hydrogen-bond acceptors (Lipinski definition) is 4. The van der Waals surface area contributed by atoms with Crippen molar-refractivity contribution in [2.45, 2.75) is 38.3 Å². The van der Waals surface area contributed by atoms with Crippen LogP contribution in [-0.4, -0.2) is 65.2 Å². The lowest BCUT2D eigenvalue weighted by Gasteiger charge is -2.42. The number of carbonyl (C=O) groups is 1. The summed E-state index contributed by atoms with van der Waals surface area (Å²) < 4.78 is 6.65. The molecule has 0 radical (unpaired) electrons. The van der Waals surface area contributed by atoms with E-state index in [-0.39, 0.29) is 17.9 Å². The molecule has 2 aliphatic rings. The summed E-state index contributed by atoms with van der Waals surface area (Å²) in [6, 6.07) is 6.07. The predicted molar refractivity (Wildman–Crippen MR) is 96.3 cm³/mol. The van der Waals surface area contributed by atoms with Gasteiger partial charge >= 0.3 is 0 Å².